The van der Waals surface area contributed by atoms with Crippen LogP contribution in [-0.2, 0) is 10.0 Å². The van der Waals surface area contributed by atoms with E-state index in [0.29, 0.717) is 11.6 Å². The Kier molecular flexibility index (Phi) is 6.11. The topological polar surface area (TPSA) is 46.2 Å². The summed E-state index contributed by atoms with van der Waals surface area (Å²) in [4.78, 5) is 0. The number of hydrogen-bond acceptors (Lipinski definition) is 2. The van der Waals surface area contributed by atoms with Gasteiger partial charge in [-0.25, -0.2) is 8.42 Å². The van der Waals surface area contributed by atoms with E-state index >= 15 is 0 Å². The number of anilines is 1. The van der Waals surface area contributed by atoms with E-state index < -0.39 is 10.0 Å². The van der Waals surface area contributed by atoms with Crippen LogP contribution in [0.15, 0.2) is 24.3 Å². The second kappa shape index (κ2) is 6.53. The third kappa shape index (κ3) is 5.75. The highest BCUT2D eigenvalue weighted by molar-refractivity contribution is 7.92. The van der Waals surface area contributed by atoms with Crippen LogP contribution in [0.25, 0.3) is 0 Å². The van der Waals surface area contributed by atoms with Gasteiger partial charge in [0.2, 0.25) is 10.0 Å². The molecule has 0 fully saturated rings. The molecule has 0 aliphatic heterocycles. The molecule has 0 heterocycles. The lowest BCUT2D eigenvalue weighted by atomic mass is 10.0. The molecule has 0 aliphatic carbocycles. The van der Waals surface area contributed by atoms with Gasteiger partial charge in [0, 0.05) is 5.69 Å². The van der Waals surface area contributed by atoms with Gasteiger partial charge in [0.25, 0.3) is 0 Å². The van der Waals surface area contributed by atoms with Crippen molar-refractivity contribution in [2.24, 2.45) is 0 Å². The predicted molar refractivity (Wildman–Crippen MR) is 70.3 cm³/mol. The van der Waals surface area contributed by atoms with E-state index in [1.807, 2.05) is 26.0 Å². The van der Waals surface area contributed by atoms with Crippen LogP contribution >= 0.6 is 0 Å². The molecule has 0 atom stereocenters. The highest BCUT2D eigenvalue weighted by Gasteiger charge is 2.02. The van der Waals surface area contributed by atoms with Gasteiger partial charge >= 0.3 is 0 Å². The summed E-state index contributed by atoms with van der Waals surface area (Å²) < 4.78 is 24.2. The van der Waals surface area contributed by atoms with Gasteiger partial charge in [0.15, 0.2) is 0 Å². The van der Waals surface area contributed by atoms with Gasteiger partial charge in [-0.2, -0.15) is 0 Å². The van der Waals surface area contributed by atoms with Crippen LogP contribution in [0.4, 0.5) is 5.69 Å². The van der Waals surface area contributed by atoms with E-state index in [1.54, 1.807) is 12.1 Å². The SMILES string of the molecule is CC.CC(C)c1ccc(NS(C)(=O)=O)cc1. The number of hydrogen-bond donors (Lipinski definition) is 1. The molecule has 16 heavy (non-hydrogen) atoms. The molecule has 0 bridgehead atoms. The van der Waals surface area contributed by atoms with E-state index in [1.165, 1.54) is 5.56 Å². The second-order valence-electron chi connectivity index (χ2n) is 3.65. The Morgan fingerprint density at radius 2 is 1.50 bits per heavy atom. The molecule has 0 saturated heterocycles. The van der Waals surface area contributed by atoms with Gasteiger partial charge in [-0.1, -0.05) is 39.8 Å². The molecule has 0 unspecified atom stereocenters. The summed E-state index contributed by atoms with van der Waals surface area (Å²) >= 11 is 0. The van der Waals surface area contributed by atoms with Crippen LogP contribution in [0.1, 0.15) is 39.2 Å². The summed E-state index contributed by atoms with van der Waals surface area (Å²) in [5.41, 5.74) is 1.81. The van der Waals surface area contributed by atoms with Crippen LogP contribution in [0.5, 0.6) is 0 Å². The second-order valence-corrected chi connectivity index (χ2v) is 5.40. The Bertz CT molecular complexity index is 394. The van der Waals surface area contributed by atoms with E-state index in [2.05, 4.69) is 18.6 Å². The Morgan fingerprint density at radius 3 is 1.81 bits per heavy atom. The van der Waals surface area contributed by atoms with Crippen LogP contribution in [0.3, 0.4) is 0 Å². The smallest absolute Gasteiger partial charge is 0.229 e. The van der Waals surface area contributed by atoms with Crippen molar-refractivity contribution in [2.75, 3.05) is 11.0 Å². The fourth-order valence-corrected chi connectivity index (χ4v) is 1.71. The maximum absolute atomic E-state index is 10.9. The van der Waals surface area contributed by atoms with Crippen LogP contribution in [-0.4, -0.2) is 14.7 Å². The molecule has 0 radical (unpaired) electrons. The van der Waals surface area contributed by atoms with Crippen LogP contribution in [0.2, 0.25) is 0 Å². The maximum atomic E-state index is 10.9. The Hall–Kier alpha value is -1.03. The molecule has 3 nitrogen and oxygen atoms in total. The van der Waals surface area contributed by atoms with Crippen molar-refractivity contribution in [3.63, 3.8) is 0 Å². The van der Waals surface area contributed by atoms with E-state index in [4.69, 9.17) is 0 Å². The predicted octanol–water partition coefficient (Wildman–Crippen LogP) is 3.21. The zero-order valence-corrected chi connectivity index (χ0v) is 11.4. The molecule has 1 aromatic carbocycles. The quantitative estimate of drug-likeness (QED) is 0.886. The fraction of sp³-hybridized carbons (Fsp3) is 0.500. The summed E-state index contributed by atoms with van der Waals surface area (Å²) in [6, 6.07) is 7.41. The fourth-order valence-electron chi connectivity index (χ4n) is 1.15. The molecule has 0 aromatic heterocycles. The summed E-state index contributed by atoms with van der Waals surface area (Å²) in [5, 5.41) is 0. The van der Waals surface area contributed by atoms with E-state index in [0.717, 1.165) is 6.26 Å². The van der Waals surface area contributed by atoms with Crippen molar-refractivity contribution in [3.8, 4) is 0 Å². The van der Waals surface area contributed by atoms with Crippen molar-refractivity contribution < 1.29 is 8.42 Å². The Labute approximate surface area is 98.9 Å². The largest absolute Gasteiger partial charge is 0.284 e. The minimum Gasteiger partial charge on any atom is -0.284 e. The summed E-state index contributed by atoms with van der Waals surface area (Å²) in [7, 11) is -3.16. The first-order valence-electron chi connectivity index (χ1n) is 5.46. The molecular weight excluding hydrogens is 222 g/mol. The maximum Gasteiger partial charge on any atom is 0.229 e. The lowest BCUT2D eigenvalue weighted by Gasteiger charge is -2.07. The minimum atomic E-state index is -3.16. The molecule has 4 heteroatoms. The zero-order chi connectivity index (χ0) is 12.8. The normalized spacial score (nSPS) is 10.6. The summed E-state index contributed by atoms with van der Waals surface area (Å²) in [5.74, 6) is 0.460. The third-order valence-corrected chi connectivity index (χ3v) is 2.49. The van der Waals surface area contributed by atoms with Crippen LogP contribution in [0, 0.1) is 0 Å². The standard InChI is InChI=1S/C10H15NO2S.C2H6/c1-8(2)9-4-6-10(7-5-9)11-14(3,12)13;1-2/h4-8,11H,1-3H3;1-2H3. The zero-order valence-electron chi connectivity index (χ0n) is 10.6. The van der Waals surface area contributed by atoms with Gasteiger partial charge in [0.05, 0.1) is 6.26 Å². The van der Waals surface area contributed by atoms with Gasteiger partial charge in [0.1, 0.15) is 0 Å². The highest BCUT2D eigenvalue weighted by Crippen LogP contribution is 2.17. The summed E-state index contributed by atoms with van der Waals surface area (Å²) in [6.07, 6.45) is 1.14. The Morgan fingerprint density at radius 1 is 1.06 bits per heavy atom. The number of rotatable bonds is 3. The van der Waals surface area contributed by atoms with Gasteiger partial charge < -0.3 is 0 Å². The molecule has 0 saturated carbocycles. The van der Waals surface area contributed by atoms with E-state index in [-0.39, 0.29) is 0 Å². The van der Waals surface area contributed by atoms with Crippen molar-refractivity contribution in [1.29, 1.82) is 0 Å². The first kappa shape index (κ1) is 15.0. The van der Waals surface area contributed by atoms with Gasteiger partial charge in [-0.05, 0) is 23.6 Å². The van der Waals surface area contributed by atoms with Crippen molar-refractivity contribution in [1.82, 2.24) is 0 Å². The third-order valence-electron chi connectivity index (χ3n) is 1.88. The molecular formula is C12H21NO2S. The number of benzene rings is 1. The molecule has 92 valence electrons. The lowest BCUT2D eigenvalue weighted by molar-refractivity contribution is 0.607. The first-order chi connectivity index (χ1) is 7.38. The molecule has 0 amide bonds. The summed E-state index contributed by atoms with van der Waals surface area (Å²) in [6.45, 7) is 8.19. The minimum absolute atomic E-state index is 0.460. The monoisotopic (exact) mass is 243 g/mol. The molecule has 0 spiro atoms. The number of sulfonamides is 1. The number of nitrogens with one attached hydrogen (secondary N) is 1. The van der Waals surface area contributed by atoms with Gasteiger partial charge in [-0.3, -0.25) is 4.72 Å². The highest BCUT2D eigenvalue weighted by atomic mass is 32.2. The average molecular weight is 243 g/mol. The van der Waals surface area contributed by atoms with Crippen molar-refractivity contribution >= 4 is 15.7 Å². The average Bonchev–Trinajstić information content (AvgIpc) is 2.19. The van der Waals surface area contributed by atoms with Gasteiger partial charge in [-0.15, -0.1) is 0 Å². The molecule has 1 rings (SSSR count). The van der Waals surface area contributed by atoms with E-state index in [9.17, 15) is 8.42 Å². The molecule has 0 aliphatic rings. The van der Waals surface area contributed by atoms with Crippen molar-refractivity contribution in [2.45, 2.75) is 33.6 Å². The lowest BCUT2D eigenvalue weighted by Crippen LogP contribution is -2.09. The Balaban J connectivity index is 0.00000106. The first-order valence-corrected chi connectivity index (χ1v) is 7.35. The molecule has 1 aromatic rings. The molecule has 1 N–H and O–H groups in total. The van der Waals surface area contributed by atoms with Crippen molar-refractivity contribution in [3.05, 3.63) is 29.8 Å². The van der Waals surface area contributed by atoms with Crippen LogP contribution < -0.4 is 4.72 Å².